The second-order valence-electron chi connectivity index (χ2n) is 6.08. The van der Waals surface area contributed by atoms with E-state index in [2.05, 4.69) is 10.6 Å². The maximum absolute atomic E-state index is 5.54. The van der Waals surface area contributed by atoms with Gasteiger partial charge in [-0.3, -0.25) is 10.3 Å². The number of ether oxygens (including phenoxy) is 3. The molecule has 3 rings (SSSR count). The third-order valence-electron chi connectivity index (χ3n) is 4.41. The van der Waals surface area contributed by atoms with Crippen molar-refractivity contribution in [1.82, 2.24) is 0 Å². The molecule has 0 saturated carbocycles. The third kappa shape index (κ3) is 4.18. The van der Waals surface area contributed by atoms with Crippen LogP contribution in [0.2, 0.25) is 0 Å². The first-order valence-corrected chi connectivity index (χ1v) is 9.05. The lowest BCUT2D eigenvalue weighted by atomic mass is 9.97. The third-order valence-corrected chi connectivity index (χ3v) is 4.41. The molecule has 158 valence electrons. The Balaban J connectivity index is 2.22. The van der Waals surface area contributed by atoms with Gasteiger partial charge in [0, 0.05) is 16.7 Å². The number of hydrogen-bond acceptors (Lipinski definition) is 8. The summed E-state index contributed by atoms with van der Waals surface area (Å²) in [6.07, 6.45) is 1.62. The molecule has 8 heteroatoms. The van der Waals surface area contributed by atoms with Gasteiger partial charge in [-0.1, -0.05) is 5.16 Å². The second-order valence-corrected chi connectivity index (χ2v) is 6.08. The molecule has 1 aromatic heterocycles. The predicted molar refractivity (Wildman–Crippen MR) is 114 cm³/mol. The molecule has 8 nitrogen and oxygen atoms in total. The average molecular weight is 412 g/mol. The van der Waals surface area contributed by atoms with Crippen molar-refractivity contribution in [2.24, 2.45) is 5.16 Å². The Morgan fingerprint density at radius 1 is 0.900 bits per heavy atom. The lowest BCUT2D eigenvalue weighted by molar-refractivity contribution is 0.214. The molecule has 0 aliphatic heterocycles. The fourth-order valence-electron chi connectivity index (χ4n) is 3.10. The van der Waals surface area contributed by atoms with E-state index in [-0.39, 0.29) is 0 Å². The molecule has 0 saturated heterocycles. The monoisotopic (exact) mass is 412 g/mol. The van der Waals surface area contributed by atoms with Crippen LogP contribution in [-0.4, -0.2) is 41.3 Å². The molecular weight excluding hydrogens is 388 g/mol. The number of nitrogens with one attached hydrogen (secondary N) is 1. The van der Waals surface area contributed by atoms with Crippen LogP contribution in [0.1, 0.15) is 11.1 Å². The Kier molecular flexibility index (Phi) is 6.82. The summed E-state index contributed by atoms with van der Waals surface area (Å²) in [6.45, 7) is 0. The van der Waals surface area contributed by atoms with Gasteiger partial charge in [0.05, 0.1) is 40.4 Å². The number of rotatable bonds is 9. The summed E-state index contributed by atoms with van der Waals surface area (Å²) in [6, 6.07) is 13.0. The normalized spacial score (nSPS) is 11.2. The van der Waals surface area contributed by atoms with Gasteiger partial charge in [-0.15, -0.1) is 0 Å². The highest BCUT2D eigenvalue weighted by Gasteiger charge is 2.20. The van der Waals surface area contributed by atoms with Crippen molar-refractivity contribution in [3.63, 3.8) is 0 Å². The quantitative estimate of drug-likeness (QED) is 0.413. The minimum absolute atomic E-state index is 0.486. The van der Waals surface area contributed by atoms with Crippen molar-refractivity contribution >= 4 is 11.4 Å². The molecule has 0 radical (unpaired) electrons. The molecule has 0 amide bonds. The average Bonchev–Trinajstić information content (AvgIpc) is 3.32. The molecule has 3 aromatic rings. The Morgan fingerprint density at radius 2 is 1.63 bits per heavy atom. The smallest absolute Gasteiger partial charge is 0.203 e. The Morgan fingerprint density at radius 3 is 2.17 bits per heavy atom. The van der Waals surface area contributed by atoms with Crippen LogP contribution in [0, 0.1) is 0 Å². The first-order chi connectivity index (χ1) is 14.7. The number of hydrogen-bond donors (Lipinski definition) is 1. The van der Waals surface area contributed by atoms with Crippen molar-refractivity contribution in [2.75, 3.05) is 41.0 Å². The van der Waals surface area contributed by atoms with Gasteiger partial charge in [0.25, 0.3) is 0 Å². The molecule has 0 spiro atoms. The first-order valence-electron chi connectivity index (χ1n) is 9.05. The molecule has 0 aliphatic rings. The van der Waals surface area contributed by atoms with Gasteiger partial charge in [-0.05, 0) is 42.5 Å². The van der Waals surface area contributed by atoms with Crippen molar-refractivity contribution < 1.29 is 28.3 Å². The summed E-state index contributed by atoms with van der Waals surface area (Å²) in [4.78, 5) is 10.3. The molecule has 30 heavy (non-hydrogen) atoms. The van der Waals surface area contributed by atoms with E-state index in [9.17, 15) is 0 Å². The Hall–Kier alpha value is -3.65. The summed E-state index contributed by atoms with van der Waals surface area (Å²) in [5.41, 5.74) is 6.40. The highest BCUT2D eigenvalue weighted by molar-refractivity contribution is 6.16. The zero-order chi connectivity index (χ0) is 21.5. The molecule has 1 N–H and O–H groups in total. The van der Waals surface area contributed by atoms with Gasteiger partial charge in [-0.2, -0.15) is 0 Å². The number of anilines is 1. The fraction of sp³-hybridized carbons (Fsp3) is 0.227. The van der Waals surface area contributed by atoms with Gasteiger partial charge in [0.2, 0.25) is 5.75 Å². The van der Waals surface area contributed by atoms with E-state index < -0.39 is 0 Å². The fourth-order valence-corrected chi connectivity index (χ4v) is 3.10. The number of nitrogens with zero attached hydrogens (tertiary/aromatic N) is 1. The first kappa shape index (κ1) is 21.1. The highest BCUT2D eigenvalue weighted by atomic mass is 16.6. The summed E-state index contributed by atoms with van der Waals surface area (Å²) in [5.74, 6) is 2.21. The number of furan rings is 1. The van der Waals surface area contributed by atoms with E-state index in [1.165, 1.54) is 14.2 Å². The lowest BCUT2D eigenvalue weighted by Crippen LogP contribution is -2.10. The Labute approximate surface area is 174 Å². The van der Waals surface area contributed by atoms with Crippen LogP contribution in [0.15, 0.2) is 58.3 Å². The molecule has 2 aromatic carbocycles. The standard InChI is InChI=1S/C22H24N2O6/c1-25-19-12-15(13-20(26-2)22(19)27-3)21(24-29-5)16-11-14(18-7-6-10-30-18)8-9-17(16)23-28-4/h6-13,23H,1-5H3. The van der Waals surface area contributed by atoms with E-state index in [1.807, 2.05) is 30.3 Å². The van der Waals surface area contributed by atoms with Crippen LogP contribution in [0.4, 0.5) is 5.69 Å². The molecule has 1 heterocycles. The molecule has 0 bridgehead atoms. The van der Waals surface area contributed by atoms with Gasteiger partial charge in [-0.25, -0.2) is 0 Å². The van der Waals surface area contributed by atoms with E-state index in [0.717, 1.165) is 16.9 Å². The molecule has 0 aliphatic carbocycles. The van der Waals surface area contributed by atoms with Crippen molar-refractivity contribution in [3.8, 4) is 28.6 Å². The summed E-state index contributed by atoms with van der Waals surface area (Å²) in [5, 5.41) is 4.27. The SMILES string of the molecule is CON=C(c1cc(OC)c(OC)c(OC)c1)c1cc(-c2ccco2)ccc1NOC. The van der Waals surface area contributed by atoms with Gasteiger partial charge >= 0.3 is 0 Å². The molecule has 0 atom stereocenters. The number of oxime groups is 1. The lowest BCUT2D eigenvalue weighted by Gasteiger charge is -2.17. The summed E-state index contributed by atoms with van der Waals surface area (Å²) in [7, 11) is 7.69. The van der Waals surface area contributed by atoms with Crippen molar-refractivity contribution in [2.45, 2.75) is 0 Å². The molecular formula is C22H24N2O6. The van der Waals surface area contributed by atoms with E-state index in [1.54, 1.807) is 39.7 Å². The van der Waals surface area contributed by atoms with E-state index >= 15 is 0 Å². The van der Waals surface area contributed by atoms with Crippen LogP contribution in [-0.2, 0) is 9.68 Å². The largest absolute Gasteiger partial charge is 0.493 e. The second kappa shape index (κ2) is 9.71. The zero-order valence-corrected chi connectivity index (χ0v) is 17.5. The number of benzene rings is 2. The number of methoxy groups -OCH3 is 3. The molecule has 0 unspecified atom stereocenters. The summed E-state index contributed by atoms with van der Waals surface area (Å²) < 4.78 is 21.9. The van der Waals surface area contributed by atoms with Crippen LogP contribution in [0.5, 0.6) is 17.2 Å². The summed E-state index contributed by atoms with van der Waals surface area (Å²) >= 11 is 0. The van der Waals surface area contributed by atoms with E-state index in [0.29, 0.717) is 34.2 Å². The van der Waals surface area contributed by atoms with Crippen molar-refractivity contribution in [3.05, 3.63) is 59.9 Å². The minimum atomic E-state index is 0.486. The van der Waals surface area contributed by atoms with Gasteiger partial charge in [0.15, 0.2) is 11.5 Å². The van der Waals surface area contributed by atoms with Crippen LogP contribution >= 0.6 is 0 Å². The van der Waals surface area contributed by atoms with Crippen molar-refractivity contribution in [1.29, 1.82) is 0 Å². The predicted octanol–water partition coefficient (Wildman–Crippen LogP) is 4.34. The highest BCUT2D eigenvalue weighted by Crippen LogP contribution is 2.39. The van der Waals surface area contributed by atoms with Crippen LogP contribution in [0.3, 0.4) is 0 Å². The van der Waals surface area contributed by atoms with Crippen LogP contribution in [0.25, 0.3) is 11.3 Å². The van der Waals surface area contributed by atoms with Gasteiger partial charge < -0.3 is 23.5 Å². The molecule has 0 fully saturated rings. The van der Waals surface area contributed by atoms with Gasteiger partial charge in [0.1, 0.15) is 18.6 Å². The minimum Gasteiger partial charge on any atom is -0.493 e. The maximum atomic E-state index is 5.54. The van der Waals surface area contributed by atoms with E-state index in [4.69, 9.17) is 28.3 Å². The van der Waals surface area contributed by atoms with Crippen LogP contribution < -0.4 is 19.7 Å². The Bertz CT molecular complexity index is 989. The topological polar surface area (TPSA) is 83.7 Å². The maximum Gasteiger partial charge on any atom is 0.203 e. The zero-order valence-electron chi connectivity index (χ0n) is 17.5.